The molecular formula is C16H34. The van der Waals surface area contributed by atoms with E-state index in [0.717, 1.165) is 11.8 Å². The standard InChI is InChI=1S/C16H34/c1-9-10-11-14(16(6,7)8)12-13(2)15(3,4)5/h13-14H,9-12H2,1-8H3. The summed E-state index contributed by atoms with van der Waals surface area (Å²) in [6, 6.07) is 0. The van der Waals surface area contributed by atoms with Crippen molar-refractivity contribution in [2.75, 3.05) is 0 Å². The predicted octanol–water partition coefficient (Wildman–Crippen LogP) is 5.91. The van der Waals surface area contributed by atoms with Crippen molar-refractivity contribution in [3.63, 3.8) is 0 Å². The van der Waals surface area contributed by atoms with Crippen LogP contribution in [0.25, 0.3) is 0 Å². The molecule has 0 saturated carbocycles. The van der Waals surface area contributed by atoms with Crippen LogP contribution >= 0.6 is 0 Å². The highest BCUT2D eigenvalue weighted by Gasteiger charge is 2.29. The predicted molar refractivity (Wildman–Crippen MR) is 75.7 cm³/mol. The van der Waals surface area contributed by atoms with Gasteiger partial charge in [0, 0.05) is 0 Å². The highest BCUT2D eigenvalue weighted by molar-refractivity contribution is 4.80. The summed E-state index contributed by atoms with van der Waals surface area (Å²) in [5.41, 5.74) is 0.921. The van der Waals surface area contributed by atoms with Gasteiger partial charge >= 0.3 is 0 Å². The van der Waals surface area contributed by atoms with Crippen molar-refractivity contribution >= 4 is 0 Å². The largest absolute Gasteiger partial charge is 0.0654 e. The van der Waals surface area contributed by atoms with Gasteiger partial charge in [-0.05, 0) is 35.5 Å². The second-order valence-electron chi connectivity index (χ2n) is 7.71. The zero-order chi connectivity index (χ0) is 13.0. The second kappa shape index (κ2) is 6.07. The van der Waals surface area contributed by atoms with E-state index in [1.807, 2.05) is 0 Å². The van der Waals surface area contributed by atoms with Crippen molar-refractivity contribution in [2.24, 2.45) is 22.7 Å². The third-order valence-corrected chi connectivity index (χ3v) is 4.25. The molecule has 0 bridgehead atoms. The van der Waals surface area contributed by atoms with Gasteiger partial charge in [-0.1, -0.05) is 68.2 Å². The highest BCUT2D eigenvalue weighted by Crippen LogP contribution is 2.39. The van der Waals surface area contributed by atoms with Crippen molar-refractivity contribution in [3.8, 4) is 0 Å². The average Bonchev–Trinajstić information content (AvgIpc) is 2.08. The molecule has 0 aliphatic heterocycles. The summed E-state index contributed by atoms with van der Waals surface area (Å²) in [5.74, 6) is 1.69. The van der Waals surface area contributed by atoms with Crippen LogP contribution in [0.2, 0.25) is 0 Å². The summed E-state index contributed by atoms with van der Waals surface area (Å²) in [6.07, 6.45) is 5.50. The molecule has 2 unspecified atom stereocenters. The molecule has 0 spiro atoms. The molecule has 2 atom stereocenters. The number of rotatable bonds is 5. The molecule has 0 heteroatoms. The van der Waals surface area contributed by atoms with Gasteiger partial charge < -0.3 is 0 Å². The Hall–Kier alpha value is 0. The van der Waals surface area contributed by atoms with Crippen LogP contribution in [0.15, 0.2) is 0 Å². The van der Waals surface area contributed by atoms with Crippen LogP contribution in [0.4, 0.5) is 0 Å². The van der Waals surface area contributed by atoms with Crippen molar-refractivity contribution < 1.29 is 0 Å². The fourth-order valence-electron chi connectivity index (χ4n) is 2.14. The molecule has 16 heavy (non-hydrogen) atoms. The lowest BCUT2D eigenvalue weighted by Gasteiger charge is -2.37. The molecule has 0 aliphatic carbocycles. The Kier molecular flexibility index (Phi) is 6.07. The zero-order valence-corrected chi connectivity index (χ0v) is 13.0. The minimum absolute atomic E-state index is 0.454. The van der Waals surface area contributed by atoms with Crippen LogP contribution in [-0.2, 0) is 0 Å². The fraction of sp³-hybridized carbons (Fsp3) is 1.00. The molecule has 0 aromatic rings. The fourth-order valence-corrected chi connectivity index (χ4v) is 2.14. The van der Waals surface area contributed by atoms with E-state index in [9.17, 15) is 0 Å². The van der Waals surface area contributed by atoms with Gasteiger partial charge in [0.15, 0.2) is 0 Å². The van der Waals surface area contributed by atoms with Gasteiger partial charge in [-0.2, -0.15) is 0 Å². The summed E-state index contributed by atoms with van der Waals surface area (Å²) in [6.45, 7) is 19.1. The maximum Gasteiger partial charge on any atom is -0.0354 e. The van der Waals surface area contributed by atoms with E-state index in [0.29, 0.717) is 10.8 Å². The molecule has 0 saturated heterocycles. The van der Waals surface area contributed by atoms with E-state index < -0.39 is 0 Å². The topological polar surface area (TPSA) is 0 Å². The summed E-state index contributed by atoms with van der Waals surface area (Å²) >= 11 is 0. The van der Waals surface area contributed by atoms with Crippen LogP contribution in [0, 0.1) is 22.7 Å². The van der Waals surface area contributed by atoms with Crippen LogP contribution in [0.3, 0.4) is 0 Å². The van der Waals surface area contributed by atoms with Crippen molar-refractivity contribution in [3.05, 3.63) is 0 Å². The molecule has 0 rings (SSSR count). The first kappa shape index (κ1) is 16.0. The molecule has 0 radical (unpaired) electrons. The van der Waals surface area contributed by atoms with E-state index in [-0.39, 0.29) is 0 Å². The Morgan fingerprint density at radius 1 is 0.875 bits per heavy atom. The maximum absolute atomic E-state index is 2.42. The monoisotopic (exact) mass is 226 g/mol. The zero-order valence-electron chi connectivity index (χ0n) is 13.0. The van der Waals surface area contributed by atoms with Crippen molar-refractivity contribution in [1.82, 2.24) is 0 Å². The molecule has 0 aromatic heterocycles. The smallest absolute Gasteiger partial charge is 0.0354 e. The molecule has 0 fully saturated rings. The molecule has 0 N–H and O–H groups in total. The van der Waals surface area contributed by atoms with E-state index in [4.69, 9.17) is 0 Å². The first-order valence-electron chi connectivity index (χ1n) is 7.09. The van der Waals surface area contributed by atoms with Gasteiger partial charge in [-0.3, -0.25) is 0 Å². The van der Waals surface area contributed by atoms with E-state index >= 15 is 0 Å². The third-order valence-electron chi connectivity index (χ3n) is 4.25. The van der Waals surface area contributed by atoms with Gasteiger partial charge in [-0.15, -0.1) is 0 Å². The minimum atomic E-state index is 0.454. The van der Waals surface area contributed by atoms with Gasteiger partial charge in [0.05, 0.1) is 0 Å². The lowest BCUT2D eigenvalue weighted by Crippen LogP contribution is -2.27. The summed E-state index contributed by atoms with van der Waals surface area (Å²) < 4.78 is 0. The molecule has 0 heterocycles. The number of hydrogen-bond donors (Lipinski definition) is 0. The van der Waals surface area contributed by atoms with Crippen molar-refractivity contribution in [2.45, 2.75) is 81.1 Å². The Bertz CT molecular complexity index is 177. The normalized spacial score (nSPS) is 17.2. The van der Waals surface area contributed by atoms with Gasteiger partial charge in [0.2, 0.25) is 0 Å². The van der Waals surface area contributed by atoms with E-state index in [2.05, 4.69) is 55.4 Å². The average molecular weight is 226 g/mol. The Morgan fingerprint density at radius 3 is 1.69 bits per heavy atom. The molecule has 0 aliphatic rings. The number of hydrogen-bond acceptors (Lipinski definition) is 0. The van der Waals surface area contributed by atoms with Crippen LogP contribution in [0.5, 0.6) is 0 Å². The lowest BCUT2D eigenvalue weighted by molar-refractivity contribution is 0.135. The third kappa shape index (κ3) is 5.92. The van der Waals surface area contributed by atoms with Crippen LogP contribution in [-0.4, -0.2) is 0 Å². The SMILES string of the molecule is CCCCC(CC(C)C(C)(C)C)C(C)(C)C. The number of unbranched alkanes of at least 4 members (excludes halogenated alkanes) is 1. The molecule has 0 amide bonds. The molecule has 98 valence electrons. The van der Waals surface area contributed by atoms with Gasteiger partial charge in [0.1, 0.15) is 0 Å². The first-order chi connectivity index (χ1) is 7.09. The van der Waals surface area contributed by atoms with Crippen LogP contribution in [0.1, 0.15) is 81.1 Å². The quantitative estimate of drug-likeness (QED) is 0.546. The molecule has 0 nitrogen and oxygen atoms in total. The van der Waals surface area contributed by atoms with Crippen molar-refractivity contribution in [1.29, 1.82) is 0 Å². The Morgan fingerprint density at radius 2 is 1.38 bits per heavy atom. The lowest BCUT2D eigenvalue weighted by atomic mass is 9.69. The minimum Gasteiger partial charge on any atom is -0.0654 e. The van der Waals surface area contributed by atoms with Gasteiger partial charge in [0.25, 0.3) is 0 Å². The van der Waals surface area contributed by atoms with Gasteiger partial charge in [-0.25, -0.2) is 0 Å². The maximum atomic E-state index is 2.42. The molecular weight excluding hydrogens is 192 g/mol. The Balaban J connectivity index is 4.43. The summed E-state index contributed by atoms with van der Waals surface area (Å²) in [5, 5.41) is 0. The first-order valence-corrected chi connectivity index (χ1v) is 7.09. The van der Waals surface area contributed by atoms with Crippen LogP contribution < -0.4 is 0 Å². The molecule has 0 aromatic carbocycles. The summed E-state index contributed by atoms with van der Waals surface area (Å²) in [7, 11) is 0. The summed E-state index contributed by atoms with van der Waals surface area (Å²) in [4.78, 5) is 0. The second-order valence-corrected chi connectivity index (χ2v) is 7.71. The Labute approximate surface area is 104 Å². The van der Waals surface area contributed by atoms with E-state index in [1.165, 1.54) is 25.7 Å². The highest BCUT2D eigenvalue weighted by atomic mass is 14.3. The van der Waals surface area contributed by atoms with E-state index in [1.54, 1.807) is 0 Å².